The number of hydrogen-bond donors (Lipinski definition) is 0. The minimum atomic E-state index is -0.543. The van der Waals surface area contributed by atoms with Crippen molar-refractivity contribution in [3.8, 4) is 5.75 Å². The zero-order chi connectivity index (χ0) is 19.9. The number of para-hydroxylation sites is 1. The quantitative estimate of drug-likeness (QED) is 0.686. The van der Waals surface area contributed by atoms with E-state index in [1.807, 2.05) is 31.2 Å². The Morgan fingerprint density at radius 2 is 1.96 bits per heavy atom. The molecule has 2 aromatic rings. The molecule has 6 heteroatoms. The fourth-order valence-corrected chi connectivity index (χ4v) is 3.31. The Morgan fingerprint density at radius 3 is 2.75 bits per heavy atom. The Morgan fingerprint density at radius 1 is 1.14 bits per heavy atom. The Balaban J connectivity index is 1.65. The van der Waals surface area contributed by atoms with E-state index < -0.39 is 5.97 Å². The van der Waals surface area contributed by atoms with Crippen LogP contribution >= 0.6 is 0 Å². The van der Waals surface area contributed by atoms with Gasteiger partial charge in [-0.1, -0.05) is 18.2 Å². The maximum atomic E-state index is 12.6. The summed E-state index contributed by atoms with van der Waals surface area (Å²) in [6, 6.07) is 12.8. The second-order valence-electron chi connectivity index (χ2n) is 6.52. The number of aryl methyl sites for hydroxylation is 1. The summed E-state index contributed by atoms with van der Waals surface area (Å²) in [6.45, 7) is 3.14. The second kappa shape index (κ2) is 9.37. The largest absolute Gasteiger partial charge is 0.496 e. The lowest BCUT2D eigenvalue weighted by molar-refractivity contribution is -0.121. The highest BCUT2D eigenvalue weighted by Gasteiger charge is 2.23. The molecule has 148 valence electrons. The molecule has 0 atom stereocenters. The number of rotatable bonds is 7. The molecule has 1 aliphatic heterocycles. The SMILES string of the molecule is CCOCc1cc(C(=O)OCC(=O)N2CCCc3ccccc32)ccc1OC. The van der Waals surface area contributed by atoms with Crippen LogP contribution in [-0.4, -0.2) is 38.7 Å². The molecule has 0 saturated heterocycles. The van der Waals surface area contributed by atoms with Gasteiger partial charge in [0.25, 0.3) is 5.91 Å². The van der Waals surface area contributed by atoms with Crippen LogP contribution in [0.15, 0.2) is 42.5 Å². The molecule has 3 rings (SSSR count). The Labute approximate surface area is 165 Å². The van der Waals surface area contributed by atoms with E-state index >= 15 is 0 Å². The topological polar surface area (TPSA) is 65.1 Å². The monoisotopic (exact) mass is 383 g/mol. The summed E-state index contributed by atoms with van der Waals surface area (Å²) in [6.07, 6.45) is 1.85. The van der Waals surface area contributed by atoms with Gasteiger partial charge in [0.05, 0.1) is 19.3 Å². The highest BCUT2D eigenvalue weighted by molar-refractivity contribution is 5.98. The van der Waals surface area contributed by atoms with Crippen molar-refractivity contribution in [2.75, 3.05) is 31.8 Å². The van der Waals surface area contributed by atoms with Gasteiger partial charge in [-0.2, -0.15) is 0 Å². The molecule has 0 unspecified atom stereocenters. The Bertz CT molecular complexity index is 849. The van der Waals surface area contributed by atoms with E-state index in [0.717, 1.165) is 29.7 Å². The Hall–Kier alpha value is -2.86. The molecule has 1 amide bonds. The predicted molar refractivity (Wildman–Crippen MR) is 106 cm³/mol. The molecule has 0 spiro atoms. The van der Waals surface area contributed by atoms with Gasteiger partial charge in [0.2, 0.25) is 0 Å². The van der Waals surface area contributed by atoms with E-state index in [0.29, 0.717) is 31.1 Å². The van der Waals surface area contributed by atoms with Crippen molar-refractivity contribution in [2.24, 2.45) is 0 Å². The van der Waals surface area contributed by atoms with Crippen LogP contribution in [0.2, 0.25) is 0 Å². The van der Waals surface area contributed by atoms with E-state index in [9.17, 15) is 9.59 Å². The average Bonchev–Trinajstić information content (AvgIpc) is 2.75. The highest BCUT2D eigenvalue weighted by atomic mass is 16.5. The fourth-order valence-electron chi connectivity index (χ4n) is 3.31. The molecule has 0 bridgehead atoms. The van der Waals surface area contributed by atoms with Crippen molar-refractivity contribution in [1.82, 2.24) is 0 Å². The third-order valence-electron chi connectivity index (χ3n) is 4.72. The lowest BCUT2D eigenvalue weighted by atomic mass is 10.0. The summed E-state index contributed by atoms with van der Waals surface area (Å²) in [5.41, 5.74) is 3.17. The van der Waals surface area contributed by atoms with Crippen molar-refractivity contribution >= 4 is 17.6 Å². The van der Waals surface area contributed by atoms with E-state index in [1.165, 1.54) is 0 Å². The predicted octanol–water partition coefficient (Wildman–Crippen LogP) is 3.37. The summed E-state index contributed by atoms with van der Waals surface area (Å²) in [5, 5.41) is 0. The lowest BCUT2D eigenvalue weighted by Gasteiger charge is -2.29. The maximum Gasteiger partial charge on any atom is 0.338 e. The number of methoxy groups -OCH3 is 1. The molecule has 0 aromatic heterocycles. The molecular weight excluding hydrogens is 358 g/mol. The van der Waals surface area contributed by atoms with Crippen LogP contribution in [0.5, 0.6) is 5.75 Å². The molecule has 0 fully saturated rings. The lowest BCUT2D eigenvalue weighted by Crippen LogP contribution is -2.38. The van der Waals surface area contributed by atoms with Crippen molar-refractivity contribution < 1.29 is 23.8 Å². The summed E-state index contributed by atoms with van der Waals surface area (Å²) in [5.74, 6) is -0.117. The van der Waals surface area contributed by atoms with E-state index in [1.54, 1.807) is 30.2 Å². The number of ether oxygens (including phenoxy) is 3. The average molecular weight is 383 g/mol. The number of hydrogen-bond acceptors (Lipinski definition) is 5. The minimum absolute atomic E-state index is 0.219. The van der Waals surface area contributed by atoms with Gasteiger partial charge in [-0.3, -0.25) is 4.79 Å². The van der Waals surface area contributed by atoms with Crippen LogP contribution in [0.3, 0.4) is 0 Å². The third kappa shape index (κ3) is 4.51. The maximum absolute atomic E-state index is 12.6. The first-order chi connectivity index (χ1) is 13.6. The van der Waals surface area contributed by atoms with Crippen molar-refractivity contribution in [3.63, 3.8) is 0 Å². The summed E-state index contributed by atoms with van der Waals surface area (Å²) in [4.78, 5) is 26.7. The zero-order valence-electron chi connectivity index (χ0n) is 16.3. The molecule has 28 heavy (non-hydrogen) atoms. The zero-order valence-corrected chi connectivity index (χ0v) is 16.3. The molecule has 2 aromatic carbocycles. The first kappa shape index (κ1) is 19.9. The van der Waals surface area contributed by atoms with Gasteiger partial charge >= 0.3 is 5.97 Å². The van der Waals surface area contributed by atoms with Crippen molar-refractivity contribution in [3.05, 3.63) is 59.2 Å². The second-order valence-corrected chi connectivity index (χ2v) is 6.52. The van der Waals surface area contributed by atoms with E-state index in [4.69, 9.17) is 14.2 Å². The van der Waals surface area contributed by atoms with Crippen LogP contribution in [0.4, 0.5) is 5.69 Å². The number of benzene rings is 2. The van der Waals surface area contributed by atoms with Crippen LogP contribution in [0.25, 0.3) is 0 Å². The van der Waals surface area contributed by atoms with Gasteiger partial charge in [-0.15, -0.1) is 0 Å². The number of carbonyl (C=O) groups excluding carboxylic acids is 2. The first-order valence-electron chi connectivity index (χ1n) is 9.44. The van der Waals surface area contributed by atoms with Gasteiger partial charge in [0.15, 0.2) is 6.61 Å². The van der Waals surface area contributed by atoms with Gasteiger partial charge in [-0.25, -0.2) is 4.79 Å². The van der Waals surface area contributed by atoms with Crippen LogP contribution < -0.4 is 9.64 Å². The smallest absolute Gasteiger partial charge is 0.338 e. The molecule has 0 N–H and O–H groups in total. The number of fused-ring (bicyclic) bond motifs is 1. The normalized spacial score (nSPS) is 13.0. The van der Waals surface area contributed by atoms with Crippen molar-refractivity contribution in [1.29, 1.82) is 0 Å². The molecule has 0 radical (unpaired) electrons. The standard InChI is InChI=1S/C22H25NO5/c1-3-27-14-18-13-17(10-11-20(18)26-2)22(25)28-15-21(24)23-12-6-8-16-7-4-5-9-19(16)23/h4-5,7,9-11,13H,3,6,8,12,14-15H2,1-2H3. The molecule has 6 nitrogen and oxygen atoms in total. The first-order valence-corrected chi connectivity index (χ1v) is 9.44. The highest BCUT2D eigenvalue weighted by Crippen LogP contribution is 2.27. The minimum Gasteiger partial charge on any atom is -0.496 e. The summed E-state index contributed by atoms with van der Waals surface area (Å²) >= 11 is 0. The molecule has 0 saturated carbocycles. The van der Waals surface area contributed by atoms with E-state index in [-0.39, 0.29) is 12.5 Å². The van der Waals surface area contributed by atoms with Crippen LogP contribution in [-0.2, 0) is 27.3 Å². The number of amides is 1. The van der Waals surface area contributed by atoms with E-state index in [2.05, 4.69) is 0 Å². The third-order valence-corrected chi connectivity index (χ3v) is 4.72. The van der Waals surface area contributed by atoms with Gasteiger partial charge < -0.3 is 19.1 Å². The molecular formula is C22H25NO5. The van der Waals surface area contributed by atoms with Gasteiger partial charge in [0, 0.05) is 24.4 Å². The fraction of sp³-hybridized carbons (Fsp3) is 0.364. The summed E-state index contributed by atoms with van der Waals surface area (Å²) in [7, 11) is 1.57. The summed E-state index contributed by atoms with van der Waals surface area (Å²) < 4.78 is 16.0. The Kier molecular flexibility index (Phi) is 6.66. The van der Waals surface area contributed by atoms with Crippen LogP contribution in [0.1, 0.15) is 34.8 Å². The number of carbonyl (C=O) groups is 2. The molecule has 0 aliphatic carbocycles. The van der Waals surface area contributed by atoms with Gasteiger partial charge in [-0.05, 0) is 49.6 Å². The van der Waals surface area contributed by atoms with Crippen molar-refractivity contribution in [2.45, 2.75) is 26.4 Å². The number of anilines is 1. The number of esters is 1. The molecule has 1 aliphatic rings. The van der Waals surface area contributed by atoms with Crippen LogP contribution in [0, 0.1) is 0 Å². The number of nitrogens with zero attached hydrogens (tertiary/aromatic N) is 1. The van der Waals surface area contributed by atoms with Gasteiger partial charge in [0.1, 0.15) is 5.75 Å². The molecule has 1 heterocycles.